The van der Waals surface area contributed by atoms with Gasteiger partial charge in [-0.15, -0.1) is 0 Å². The molecule has 90 heavy (non-hydrogen) atoms. The molecule has 0 amide bonds. The molecule has 17 rings (SSSR count). The predicted molar refractivity (Wildman–Crippen MR) is 380 cm³/mol. The smallest absolute Gasteiger partial charge is 0.252 e. The van der Waals surface area contributed by atoms with Crippen molar-refractivity contribution in [3.63, 3.8) is 0 Å². The molecule has 15 aromatic rings. The van der Waals surface area contributed by atoms with E-state index in [2.05, 4.69) is 376 Å². The number of fused-ring (bicyclic) bond motifs is 8. The van der Waals surface area contributed by atoms with E-state index in [1.54, 1.807) is 0 Å². The summed E-state index contributed by atoms with van der Waals surface area (Å²) in [6.07, 6.45) is 0. The van der Waals surface area contributed by atoms with Gasteiger partial charge in [-0.2, -0.15) is 0 Å². The number of rotatable bonds is 12. The van der Waals surface area contributed by atoms with Crippen LogP contribution in [-0.4, -0.2) is 11.3 Å². The molecule has 0 unspecified atom stereocenters. The van der Waals surface area contributed by atoms with Crippen molar-refractivity contribution in [2.75, 3.05) is 19.6 Å². The van der Waals surface area contributed by atoms with Crippen LogP contribution in [0.5, 0.6) is 0 Å². The summed E-state index contributed by atoms with van der Waals surface area (Å²) in [6, 6.07) is 129. The molecule has 422 valence electrons. The van der Waals surface area contributed by atoms with Crippen LogP contribution in [0.1, 0.15) is 0 Å². The van der Waals surface area contributed by atoms with Crippen LogP contribution >= 0.6 is 0 Å². The molecule has 0 spiro atoms. The number of hydrogen-bond acceptors (Lipinski definition) is 4. The van der Waals surface area contributed by atoms with Crippen LogP contribution in [0, 0.1) is 0 Å². The number of anilines is 12. The summed E-state index contributed by atoms with van der Waals surface area (Å²) < 4.78 is 2.49. The molecule has 3 heterocycles. The quantitative estimate of drug-likeness (QED) is 0.113. The normalized spacial score (nSPS) is 12.2. The minimum atomic E-state index is -0.209. The monoisotopic (exact) mass is 1150 g/mol. The fourth-order valence-corrected chi connectivity index (χ4v) is 14.1. The molecule has 0 bridgehead atoms. The van der Waals surface area contributed by atoms with Crippen molar-refractivity contribution in [2.24, 2.45) is 0 Å². The van der Waals surface area contributed by atoms with Gasteiger partial charge in [0.2, 0.25) is 0 Å². The number of nitrogens with zero attached hydrogens (tertiary/aromatic N) is 5. The van der Waals surface area contributed by atoms with Crippen molar-refractivity contribution in [2.45, 2.75) is 0 Å². The summed E-state index contributed by atoms with van der Waals surface area (Å²) in [4.78, 5) is 9.99. The molecule has 5 nitrogen and oxygen atoms in total. The molecule has 2 aliphatic rings. The van der Waals surface area contributed by atoms with E-state index in [1.807, 2.05) is 0 Å². The fourth-order valence-electron chi connectivity index (χ4n) is 14.1. The van der Waals surface area contributed by atoms with Crippen molar-refractivity contribution >= 4 is 113 Å². The van der Waals surface area contributed by atoms with Crippen molar-refractivity contribution in [1.82, 2.24) is 4.57 Å². The summed E-state index contributed by atoms with van der Waals surface area (Å²) >= 11 is 0. The molecule has 2 aliphatic heterocycles. The topological polar surface area (TPSA) is 17.9 Å². The van der Waals surface area contributed by atoms with Gasteiger partial charge >= 0.3 is 0 Å². The largest absolute Gasteiger partial charge is 0.311 e. The lowest BCUT2D eigenvalue weighted by Crippen LogP contribution is -2.61. The third-order valence-electron chi connectivity index (χ3n) is 18.1. The lowest BCUT2D eigenvalue weighted by Gasteiger charge is -2.45. The lowest BCUT2D eigenvalue weighted by atomic mass is 9.33. The average Bonchev–Trinajstić information content (AvgIpc) is 1.08. The highest BCUT2D eigenvalue weighted by atomic mass is 15.2. The summed E-state index contributed by atoms with van der Waals surface area (Å²) in [7, 11) is 0. The average molecular weight is 1150 g/mol. The zero-order valence-electron chi connectivity index (χ0n) is 49.3. The Labute approximate surface area is 525 Å². The zero-order chi connectivity index (χ0) is 59.5. The van der Waals surface area contributed by atoms with Gasteiger partial charge in [0, 0.05) is 73.3 Å². The van der Waals surface area contributed by atoms with Gasteiger partial charge in [-0.05, 0) is 171 Å². The van der Waals surface area contributed by atoms with E-state index in [-0.39, 0.29) is 6.71 Å². The molecule has 1 aromatic heterocycles. The summed E-state index contributed by atoms with van der Waals surface area (Å²) in [6.45, 7) is -0.209. The first kappa shape index (κ1) is 52.5. The second-order valence-electron chi connectivity index (χ2n) is 23.2. The summed E-state index contributed by atoms with van der Waals surface area (Å²) in [5.74, 6) is 0. The predicted octanol–water partition coefficient (Wildman–Crippen LogP) is 20.8. The van der Waals surface area contributed by atoms with E-state index >= 15 is 0 Å². The molecule has 0 fully saturated rings. The Morgan fingerprint density at radius 3 is 1.19 bits per heavy atom. The summed E-state index contributed by atoms with van der Waals surface area (Å²) in [5, 5.41) is 2.38. The van der Waals surface area contributed by atoms with Crippen molar-refractivity contribution < 1.29 is 0 Å². The Hall–Kier alpha value is -11.9. The molecule has 0 N–H and O–H groups in total. The van der Waals surface area contributed by atoms with Gasteiger partial charge in [0.25, 0.3) is 6.71 Å². The van der Waals surface area contributed by atoms with Crippen LogP contribution in [0.3, 0.4) is 0 Å². The minimum absolute atomic E-state index is 0.209. The second kappa shape index (κ2) is 22.1. The Morgan fingerprint density at radius 1 is 0.244 bits per heavy atom. The van der Waals surface area contributed by atoms with E-state index in [0.29, 0.717) is 0 Å². The third-order valence-corrected chi connectivity index (χ3v) is 18.1. The first-order valence-electron chi connectivity index (χ1n) is 30.9. The number of benzene rings is 14. The van der Waals surface area contributed by atoms with Gasteiger partial charge < -0.3 is 24.2 Å². The molecule has 0 radical (unpaired) electrons. The van der Waals surface area contributed by atoms with Gasteiger partial charge in [0.1, 0.15) is 0 Å². The highest BCUT2D eigenvalue weighted by molar-refractivity contribution is 7.00. The Balaban J connectivity index is 0.999. The molecule has 0 saturated carbocycles. The van der Waals surface area contributed by atoms with Crippen molar-refractivity contribution in [3.8, 4) is 39.1 Å². The standard InChI is InChI=1S/C84H58BN5/c1-8-25-59(26-9-1)62-43-47-69(48-44-62)88-79-56-72(86(65-32-14-4-15-33-65)66-34-16-5-17-35-66)51-52-75(79)85-76-53-54-78-82(74-41-22-23-42-77(74)89(78)71-40-24-31-64(55-71)61-29-12-3-13-30-61)84(76)90(70-49-45-63(46-50-70)60-27-10-2-11-28-60)81-58-73(57-80(88)83(81)85)87(67-36-18-6-19-37-67)68-38-20-7-21-39-68/h1-58H. The van der Waals surface area contributed by atoms with Crippen LogP contribution in [-0.2, 0) is 0 Å². The maximum Gasteiger partial charge on any atom is 0.252 e. The molecular weight excluding hydrogens is 1090 g/mol. The number of para-hydroxylation sites is 5. The van der Waals surface area contributed by atoms with E-state index in [0.717, 1.165) is 96.1 Å². The molecular formula is C84H58BN5. The molecule has 0 saturated heterocycles. The van der Waals surface area contributed by atoms with Gasteiger partial charge in [0.15, 0.2) is 0 Å². The van der Waals surface area contributed by atoms with Gasteiger partial charge in [-0.3, -0.25) is 0 Å². The molecule has 0 aliphatic carbocycles. The third kappa shape index (κ3) is 8.95. The van der Waals surface area contributed by atoms with Crippen molar-refractivity contribution in [3.05, 3.63) is 352 Å². The Morgan fingerprint density at radius 2 is 0.656 bits per heavy atom. The fraction of sp³-hybridized carbons (Fsp3) is 0. The summed E-state index contributed by atoms with van der Waals surface area (Å²) in [5.41, 5.74) is 27.0. The van der Waals surface area contributed by atoms with E-state index in [1.165, 1.54) is 49.4 Å². The number of hydrogen-bond donors (Lipinski definition) is 0. The van der Waals surface area contributed by atoms with Crippen LogP contribution in [0.4, 0.5) is 68.2 Å². The maximum absolute atomic E-state index is 2.61. The zero-order valence-corrected chi connectivity index (χ0v) is 49.3. The minimum Gasteiger partial charge on any atom is -0.311 e. The highest BCUT2D eigenvalue weighted by Crippen LogP contribution is 2.52. The van der Waals surface area contributed by atoms with E-state index < -0.39 is 0 Å². The lowest BCUT2D eigenvalue weighted by molar-refractivity contribution is 1.18. The van der Waals surface area contributed by atoms with Gasteiger partial charge in [-0.1, -0.05) is 231 Å². The van der Waals surface area contributed by atoms with E-state index in [9.17, 15) is 0 Å². The van der Waals surface area contributed by atoms with Gasteiger partial charge in [-0.25, -0.2) is 0 Å². The molecule has 6 heteroatoms. The molecule has 14 aromatic carbocycles. The van der Waals surface area contributed by atoms with Gasteiger partial charge in [0.05, 0.1) is 22.4 Å². The first-order valence-corrected chi connectivity index (χ1v) is 30.9. The van der Waals surface area contributed by atoms with Crippen LogP contribution in [0.15, 0.2) is 352 Å². The molecule has 0 atom stereocenters. The van der Waals surface area contributed by atoms with E-state index in [4.69, 9.17) is 0 Å². The van der Waals surface area contributed by atoms with Crippen LogP contribution in [0.2, 0.25) is 0 Å². The second-order valence-corrected chi connectivity index (χ2v) is 23.2. The maximum atomic E-state index is 2.61. The Bertz CT molecular complexity index is 5020. The highest BCUT2D eigenvalue weighted by Gasteiger charge is 2.45. The Kier molecular flexibility index (Phi) is 12.9. The van der Waals surface area contributed by atoms with Crippen LogP contribution < -0.4 is 36.0 Å². The van der Waals surface area contributed by atoms with Crippen molar-refractivity contribution in [1.29, 1.82) is 0 Å². The SMILES string of the molecule is c1ccc(-c2ccc(N3c4cc(N(c5ccccc5)c5ccccc5)ccc4B4c5ccc6c(c5N(c5ccc(-c7ccccc7)cc5)c5cc(N(c7ccccc7)c7ccccc7)cc3c54)c3ccccc3n6-c3cccc(-c4ccccc4)c3)cc2)cc1. The van der Waals surface area contributed by atoms with Crippen LogP contribution in [0.25, 0.3) is 60.9 Å². The first-order chi connectivity index (χ1) is 44.7. The number of aromatic nitrogens is 1.